The van der Waals surface area contributed by atoms with Gasteiger partial charge < -0.3 is 10.1 Å². The van der Waals surface area contributed by atoms with Gasteiger partial charge in [-0.15, -0.1) is 11.3 Å². The van der Waals surface area contributed by atoms with E-state index in [1.165, 1.54) is 35.6 Å². The number of halogens is 1. The molecule has 0 bridgehead atoms. The first-order valence-electron chi connectivity index (χ1n) is 7.58. The molecule has 2 heterocycles. The van der Waals surface area contributed by atoms with Gasteiger partial charge in [-0.2, -0.15) is 0 Å². The maximum absolute atomic E-state index is 12.9. The van der Waals surface area contributed by atoms with Crippen LogP contribution in [0.15, 0.2) is 54.6 Å². The van der Waals surface area contributed by atoms with E-state index in [0.29, 0.717) is 10.6 Å². The summed E-state index contributed by atoms with van der Waals surface area (Å²) in [6.45, 7) is 0. The smallest absolute Gasteiger partial charge is 0.265 e. The first kappa shape index (κ1) is 15.5. The summed E-state index contributed by atoms with van der Waals surface area (Å²) in [7, 11) is 1.62. The van der Waals surface area contributed by atoms with Crippen LogP contribution in [-0.4, -0.2) is 18.0 Å². The molecule has 0 aliphatic heterocycles. The maximum Gasteiger partial charge on any atom is 0.265 e. The first-order chi connectivity index (χ1) is 12.1. The second kappa shape index (κ2) is 6.14. The standard InChI is InChI=1S/C19H13FN2O2S/c1-24-15-6-7-16-11(9-15)8-12-10-17(25-19(12)22-16)18(23)21-14-4-2-13(20)3-5-14/h2-10H,1H3,(H,21,23). The Morgan fingerprint density at radius 2 is 1.88 bits per heavy atom. The van der Waals surface area contributed by atoms with Crippen LogP contribution in [0.3, 0.4) is 0 Å². The topological polar surface area (TPSA) is 51.2 Å². The third-order valence-electron chi connectivity index (χ3n) is 3.83. The summed E-state index contributed by atoms with van der Waals surface area (Å²) >= 11 is 1.32. The molecule has 1 N–H and O–H groups in total. The molecule has 0 radical (unpaired) electrons. The average Bonchev–Trinajstić information content (AvgIpc) is 3.04. The number of nitrogens with zero attached hydrogens (tertiary/aromatic N) is 1. The van der Waals surface area contributed by atoms with Crippen LogP contribution in [0.25, 0.3) is 21.1 Å². The highest BCUT2D eigenvalue weighted by molar-refractivity contribution is 7.20. The Kier molecular flexibility index (Phi) is 3.82. The molecular weight excluding hydrogens is 339 g/mol. The van der Waals surface area contributed by atoms with Gasteiger partial charge in [0, 0.05) is 16.5 Å². The van der Waals surface area contributed by atoms with Gasteiger partial charge in [-0.3, -0.25) is 4.79 Å². The Labute approximate surface area is 146 Å². The summed E-state index contributed by atoms with van der Waals surface area (Å²) in [6.07, 6.45) is 0. The van der Waals surface area contributed by atoms with E-state index >= 15 is 0 Å². The van der Waals surface area contributed by atoms with Crippen LogP contribution in [-0.2, 0) is 0 Å². The number of pyridine rings is 1. The minimum absolute atomic E-state index is 0.240. The number of aromatic nitrogens is 1. The van der Waals surface area contributed by atoms with Crippen molar-refractivity contribution in [3.63, 3.8) is 0 Å². The van der Waals surface area contributed by atoms with Gasteiger partial charge in [-0.1, -0.05) is 0 Å². The molecule has 1 amide bonds. The van der Waals surface area contributed by atoms with E-state index in [-0.39, 0.29) is 11.7 Å². The molecule has 25 heavy (non-hydrogen) atoms. The molecule has 0 unspecified atom stereocenters. The number of rotatable bonds is 3. The van der Waals surface area contributed by atoms with Crippen molar-refractivity contribution in [2.75, 3.05) is 12.4 Å². The minimum atomic E-state index is -0.342. The van der Waals surface area contributed by atoms with E-state index in [2.05, 4.69) is 10.3 Å². The molecule has 0 atom stereocenters. The van der Waals surface area contributed by atoms with E-state index in [1.807, 2.05) is 30.3 Å². The molecule has 4 aromatic rings. The van der Waals surface area contributed by atoms with Crippen molar-refractivity contribution in [3.05, 3.63) is 65.3 Å². The van der Waals surface area contributed by atoms with Crippen molar-refractivity contribution in [1.82, 2.24) is 4.98 Å². The van der Waals surface area contributed by atoms with Crippen LogP contribution in [0.5, 0.6) is 5.75 Å². The normalized spacial score (nSPS) is 11.0. The van der Waals surface area contributed by atoms with E-state index < -0.39 is 0 Å². The highest BCUT2D eigenvalue weighted by atomic mass is 32.1. The van der Waals surface area contributed by atoms with Crippen LogP contribution in [0.4, 0.5) is 10.1 Å². The van der Waals surface area contributed by atoms with Crippen molar-refractivity contribution in [2.24, 2.45) is 0 Å². The minimum Gasteiger partial charge on any atom is -0.497 e. The highest BCUT2D eigenvalue weighted by Gasteiger charge is 2.12. The predicted molar refractivity (Wildman–Crippen MR) is 98.0 cm³/mol. The number of carbonyl (C=O) groups is 1. The molecule has 4 nitrogen and oxygen atoms in total. The third kappa shape index (κ3) is 3.04. The SMILES string of the molecule is COc1ccc2nc3sc(C(=O)Nc4ccc(F)cc4)cc3cc2c1. The number of amides is 1. The molecule has 6 heteroatoms. The molecule has 4 rings (SSSR count). The quantitative estimate of drug-likeness (QED) is 0.573. The lowest BCUT2D eigenvalue weighted by Gasteiger charge is -2.02. The largest absolute Gasteiger partial charge is 0.497 e. The molecule has 0 fully saturated rings. The number of nitrogens with one attached hydrogen (secondary N) is 1. The summed E-state index contributed by atoms with van der Waals surface area (Å²) in [6, 6.07) is 15.1. The highest BCUT2D eigenvalue weighted by Crippen LogP contribution is 2.29. The zero-order valence-electron chi connectivity index (χ0n) is 13.2. The predicted octanol–water partition coefficient (Wildman–Crippen LogP) is 4.85. The van der Waals surface area contributed by atoms with Crippen molar-refractivity contribution in [3.8, 4) is 5.75 Å². The molecule has 0 saturated carbocycles. The zero-order chi connectivity index (χ0) is 17.4. The third-order valence-corrected chi connectivity index (χ3v) is 4.88. The van der Waals surface area contributed by atoms with Gasteiger partial charge in [0.15, 0.2) is 0 Å². The summed E-state index contributed by atoms with van der Waals surface area (Å²) < 4.78 is 18.2. The van der Waals surface area contributed by atoms with Crippen LogP contribution in [0, 0.1) is 5.82 Å². The molecule has 0 spiro atoms. The molecule has 2 aromatic heterocycles. The Bertz CT molecular complexity index is 1090. The fraction of sp³-hybridized carbons (Fsp3) is 0.0526. The monoisotopic (exact) mass is 352 g/mol. The molecular formula is C19H13FN2O2S. The second-order valence-corrected chi connectivity index (χ2v) is 6.54. The molecule has 2 aromatic carbocycles. The first-order valence-corrected chi connectivity index (χ1v) is 8.39. The summed E-state index contributed by atoms with van der Waals surface area (Å²) in [5.74, 6) is 0.181. The Balaban J connectivity index is 1.68. The number of carbonyl (C=O) groups excluding carboxylic acids is 1. The lowest BCUT2D eigenvalue weighted by molar-refractivity contribution is 0.103. The van der Waals surface area contributed by atoms with Crippen molar-refractivity contribution < 1.29 is 13.9 Å². The number of hydrogen-bond donors (Lipinski definition) is 1. The summed E-state index contributed by atoms with van der Waals surface area (Å²) in [5.41, 5.74) is 1.40. The van der Waals surface area contributed by atoms with Crippen LogP contribution < -0.4 is 10.1 Å². The molecule has 0 saturated heterocycles. The second-order valence-electron chi connectivity index (χ2n) is 5.51. The van der Waals surface area contributed by atoms with Gasteiger partial charge >= 0.3 is 0 Å². The van der Waals surface area contributed by atoms with Crippen molar-refractivity contribution in [1.29, 1.82) is 0 Å². The van der Waals surface area contributed by atoms with Gasteiger partial charge in [-0.25, -0.2) is 9.37 Å². The van der Waals surface area contributed by atoms with E-state index in [1.54, 1.807) is 7.11 Å². The van der Waals surface area contributed by atoms with E-state index in [9.17, 15) is 9.18 Å². The van der Waals surface area contributed by atoms with Gasteiger partial charge in [-0.05, 0) is 54.6 Å². The number of methoxy groups -OCH3 is 1. The van der Waals surface area contributed by atoms with Gasteiger partial charge in [0.05, 0.1) is 17.5 Å². The van der Waals surface area contributed by atoms with Crippen LogP contribution in [0.1, 0.15) is 9.67 Å². The van der Waals surface area contributed by atoms with E-state index in [0.717, 1.165) is 26.9 Å². The van der Waals surface area contributed by atoms with Gasteiger partial charge in [0.2, 0.25) is 0 Å². The number of fused-ring (bicyclic) bond motifs is 2. The number of ether oxygens (including phenoxy) is 1. The van der Waals surface area contributed by atoms with Gasteiger partial charge in [0.25, 0.3) is 5.91 Å². The maximum atomic E-state index is 12.9. The molecule has 0 aliphatic carbocycles. The van der Waals surface area contributed by atoms with Gasteiger partial charge in [0.1, 0.15) is 16.4 Å². The number of hydrogen-bond acceptors (Lipinski definition) is 4. The number of benzene rings is 2. The fourth-order valence-electron chi connectivity index (χ4n) is 2.58. The lowest BCUT2D eigenvalue weighted by Crippen LogP contribution is -2.09. The number of anilines is 1. The zero-order valence-corrected chi connectivity index (χ0v) is 14.1. The lowest BCUT2D eigenvalue weighted by atomic mass is 10.2. The van der Waals surface area contributed by atoms with Crippen LogP contribution in [0.2, 0.25) is 0 Å². The Morgan fingerprint density at radius 1 is 1.08 bits per heavy atom. The molecule has 0 aliphatic rings. The van der Waals surface area contributed by atoms with Crippen LogP contribution >= 0.6 is 11.3 Å². The Hall–Kier alpha value is -2.99. The average molecular weight is 352 g/mol. The van der Waals surface area contributed by atoms with Crippen molar-refractivity contribution in [2.45, 2.75) is 0 Å². The summed E-state index contributed by atoms with van der Waals surface area (Å²) in [5, 5.41) is 4.62. The molecule has 124 valence electrons. The Morgan fingerprint density at radius 3 is 2.64 bits per heavy atom. The fourth-order valence-corrected chi connectivity index (χ4v) is 3.50. The summed E-state index contributed by atoms with van der Waals surface area (Å²) in [4.78, 5) is 18.4. The van der Waals surface area contributed by atoms with E-state index in [4.69, 9.17) is 4.74 Å². The number of thiophene rings is 1. The van der Waals surface area contributed by atoms with Crippen molar-refractivity contribution >= 4 is 44.1 Å².